The monoisotopic (exact) mass is 256 g/mol. The molecule has 1 aromatic heterocycles. The van der Waals surface area contributed by atoms with Gasteiger partial charge >= 0.3 is 5.97 Å². The quantitative estimate of drug-likeness (QED) is 0.776. The fourth-order valence-electron chi connectivity index (χ4n) is 2.02. The van der Waals surface area contributed by atoms with Gasteiger partial charge in [0.1, 0.15) is 16.7 Å². The van der Waals surface area contributed by atoms with Gasteiger partial charge in [0.25, 0.3) is 0 Å². The van der Waals surface area contributed by atoms with Crippen molar-refractivity contribution in [2.75, 3.05) is 14.2 Å². The lowest BCUT2D eigenvalue weighted by Gasteiger charge is -2.18. The molecule has 17 heavy (non-hydrogen) atoms. The summed E-state index contributed by atoms with van der Waals surface area (Å²) in [5.74, 6) is 0.406. The van der Waals surface area contributed by atoms with E-state index >= 15 is 0 Å². The van der Waals surface area contributed by atoms with Crippen LogP contribution in [-0.4, -0.2) is 32.4 Å². The standard InChI is InChI=1S/C12H16O4S/c1-14-8-6-11(17-7-8)12(13)16-10-5-3-4-9(10)15-2/h6-7,9-10H,3-5H2,1-2H3. The number of hydrogen-bond acceptors (Lipinski definition) is 5. The van der Waals surface area contributed by atoms with Crippen LogP contribution in [0.5, 0.6) is 5.75 Å². The van der Waals surface area contributed by atoms with Crippen LogP contribution < -0.4 is 4.74 Å². The molecule has 1 saturated carbocycles. The van der Waals surface area contributed by atoms with Crippen molar-refractivity contribution in [1.29, 1.82) is 0 Å². The predicted octanol–water partition coefficient (Wildman–Crippen LogP) is 2.48. The van der Waals surface area contributed by atoms with Crippen molar-refractivity contribution in [2.45, 2.75) is 31.5 Å². The van der Waals surface area contributed by atoms with Gasteiger partial charge in [0.2, 0.25) is 0 Å². The second kappa shape index (κ2) is 5.51. The smallest absolute Gasteiger partial charge is 0.348 e. The molecule has 94 valence electrons. The third-order valence-corrected chi connectivity index (χ3v) is 3.85. The molecule has 2 unspecified atom stereocenters. The second-order valence-corrected chi connectivity index (χ2v) is 4.91. The summed E-state index contributed by atoms with van der Waals surface area (Å²) in [7, 11) is 3.24. The van der Waals surface area contributed by atoms with Crippen LogP contribution in [0.4, 0.5) is 0 Å². The molecule has 1 aliphatic carbocycles. The Morgan fingerprint density at radius 1 is 1.35 bits per heavy atom. The van der Waals surface area contributed by atoms with Crippen molar-refractivity contribution < 1.29 is 19.0 Å². The maximum atomic E-state index is 11.9. The molecule has 1 heterocycles. The van der Waals surface area contributed by atoms with Crippen LogP contribution in [0, 0.1) is 0 Å². The van der Waals surface area contributed by atoms with Crippen molar-refractivity contribution in [1.82, 2.24) is 0 Å². The molecule has 0 radical (unpaired) electrons. The number of hydrogen-bond donors (Lipinski definition) is 0. The number of rotatable bonds is 4. The van der Waals surface area contributed by atoms with E-state index in [1.165, 1.54) is 11.3 Å². The van der Waals surface area contributed by atoms with Crippen LogP contribution in [0.2, 0.25) is 0 Å². The van der Waals surface area contributed by atoms with Gasteiger partial charge in [-0.3, -0.25) is 0 Å². The molecule has 0 amide bonds. The van der Waals surface area contributed by atoms with Crippen molar-refractivity contribution in [3.8, 4) is 5.75 Å². The summed E-state index contributed by atoms with van der Waals surface area (Å²) in [5, 5.41) is 1.79. The normalized spacial score (nSPS) is 23.6. The number of carbonyl (C=O) groups is 1. The molecule has 5 heteroatoms. The van der Waals surface area contributed by atoms with E-state index in [0.717, 1.165) is 19.3 Å². The molecule has 1 fully saturated rings. The molecular formula is C12H16O4S. The fraction of sp³-hybridized carbons (Fsp3) is 0.583. The SMILES string of the molecule is COc1csc(C(=O)OC2CCCC2OC)c1. The zero-order valence-electron chi connectivity index (χ0n) is 9.97. The minimum absolute atomic E-state index is 0.0424. The lowest BCUT2D eigenvalue weighted by molar-refractivity contribution is -0.0203. The highest BCUT2D eigenvalue weighted by Crippen LogP contribution is 2.27. The number of carbonyl (C=O) groups excluding carboxylic acids is 1. The summed E-state index contributed by atoms with van der Waals surface area (Å²) < 4.78 is 15.8. The third kappa shape index (κ3) is 2.79. The van der Waals surface area contributed by atoms with Crippen molar-refractivity contribution in [3.05, 3.63) is 16.3 Å². The van der Waals surface area contributed by atoms with Crippen LogP contribution in [0.3, 0.4) is 0 Å². The lowest BCUT2D eigenvalue weighted by Crippen LogP contribution is -2.27. The van der Waals surface area contributed by atoms with E-state index in [1.807, 2.05) is 0 Å². The summed E-state index contributed by atoms with van der Waals surface area (Å²) in [6.07, 6.45) is 2.82. The number of methoxy groups -OCH3 is 2. The van der Waals surface area contributed by atoms with E-state index in [4.69, 9.17) is 14.2 Å². The zero-order valence-corrected chi connectivity index (χ0v) is 10.8. The van der Waals surface area contributed by atoms with Crippen molar-refractivity contribution >= 4 is 17.3 Å². The summed E-state index contributed by atoms with van der Waals surface area (Å²) in [4.78, 5) is 12.4. The van der Waals surface area contributed by atoms with Crippen molar-refractivity contribution in [2.24, 2.45) is 0 Å². The molecule has 2 atom stereocenters. The number of ether oxygens (including phenoxy) is 3. The number of esters is 1. The van der Waals surface area contributed by atoms with Gasteiger partial charge in [-0.15, -0.1) is 11.3 Å². The average molecular weight is 256 g/mol. The van der Waals surface area contributed by atoms with Gasteiger partial charge < -0.3 is 14.2 Å². The summed E-state index contributed by atoms with van der Waals surface area (Å²) in [6.45, 7) is 0. The average Bonchev–Trinajstić information content (AvgIpc) is 2.96. The molecule has 0 spiro atoms. The van der Waals surface area contributed by atoms with Crippen LogP contribution in [0.25, 0.3) is 0 Å². The molecule has 0 N–H and O–H groups in total. The number of thiophene rings is 1. The van der Waals surface area contributed by atoms with Gasteiger partial charge in [-0.25, -0.2) is 4.79 Å². The molecule has 0 saturated heterocycles. The van der Waals surface area contributed by atoms with Gasteiger partial charge in [0, 0.05) is 18.6 Å². The Bertz CT molecular complexity index is 388. The first-order chi connectivity index (χ1) is 8.24. The first kappa shape index (κ1) is 12.4. The molecule has 4 nitrogen and oxygen atoms in total. The molecular weight excluding hydrogens is 240 g/mol. The first-order valence-electron chi connectivity index (χ1n) is 5.61. The molecule has 0 bridgehead atoms. The highest BCUT2D eigenvalue weighted by Gasteiger charge is 2.31. The van der Waals surface area contributed by atoms with Crippen LogP contribution in [0.15, 0.2) is 11.4 Å². The van der Waals surface area contributed by atoms with Gasteiger partial charge in [-0.05, 0) is 19.3 Å². The van der Waals surface area contributed by atoms with Gasteiger partial charge in [0.15, 0.2) is 0 Å². The predicted molar refractivity (Wildman–Crippen MR) is 64.7 cm³/mol. The van der Waals surface area contributed by atoms with Gasteiger partial charge in [-0.2, -0.15) is 0 Å². The van der Waals surface area contributed by atoms with Crippen LogP contribution >= 0.6 is 11.3 Å². The molecule has 1 aliphatic rings. The zero-order chi connectivity index (χ0) is 12.3. The third-order valence-electron chi connectivity index (χ3n) is 2.97. The largest absolute Gasteiger partial charge is 0.496 e. The summed E-state index contributed by atoms with van der Waals surface area (Å²) >= 11 is 1.33. The topological polar surface area (TPSA) is 44.8 Å². The van der Waals surface area contributed by atoms with E-state index in [9.17, 15) is 4.79 Å². The lowest BCUT2D eigenvalue weighted by atomic mass is 10.2. The maximum Gasteiger partial charge on any atom is 0.348 e. The fourth-order valence-corrected chi connectivity index (χ4v) is 2.76. The highest BCUT2D eigenvalue weighted by atomic mass is 32.1. The van der Waals surface area contributed by atoms with E-state index in [1.54, 1.807) is 25.7 Å². The van der Waals surface area contributed by atoms with Crippen LogP contribution in [-0.2, 0) is 9.47 Å². The Morgan fingerprint density at radius 3 is 2.76 bits per heavy atom. The minimum atomic E-state index is -0.285. The Labute approximate surface area is 104 Å². The van der Waals surface area contributed by atoms with E-state index in [0.29, 0.717) is 10.6 Å². The van der Waals surface area contributed by atoms with Crippen molar-refractivity contribution in [3.63, 3.8) is 0 Å². The van der Waals surface area contributed by atoms with Gasteiger partial charge in [-0.1, -0.05) is 0 Å². The van der Waals surface area contributed by atoms with Gasteiger partial charge in [0.05, 0.1) is 13.2 Å². The first-order valence-corrected chi connectivity index (χ1v) is 6.49. The Morgan fingerprint density at radius 2 is 2.12 bits per heavy atom. The van der Waals surface area contributed by atoms with E-state index in [-0.39, 0.29) is 18.2 Å². The highest BCUT2D eigenvalue weighted by molar-refractivity contribution is 7.12. The minimum Gasteiger partial charge on any atom is -0.496 e. The molecule has 2 rings (SSSR count). The Hall–Kier alpha value is -1.07. The molecule has 1 aromatic rings. The summed E-state index contributed by atoms with van der Waals surface area (Å²) in [5.41, 5.74) is 0. The second-order valence-electron chi connectivity index (χ2n) is 4.00. The molecule has 0 aromatic carbocycles. The Balaban J connectivity index is 1.96. The van der Waals surface area contributed by atoms with E-state index in [2.05, 4.69) is 0 Å². The molecule has 0 aliphatic heterocycles. The van der Waals surface area contributed by atoms with Crippen LogP contribution in [0.1, 0.15) is 28.9 Å². The summed E-state index contributed by atoms with van der Waals surface area (Å²) in [6, 6.07) is 1.70. The van der Waals surface area contributed by atoms with E-state index < -0.39 is 0 Å². The Kier molecular flexibility index (Phi) is 4.02. The maximum absolute atomic E-state index is 11.9.